The molecule has 3 nitrogen and oxygen atoms in total. The third kappa shape index (κ3) is 2.65. The topological polar surface area (TPSA) is 53.2 Å². The summed E-state index contributed by atoms with van der Waals surface area (Å²) in [5.74, 6) is 0.113. The predicted octanol–water partition coefficient (Wildman–Crippen LogP) is 2.98. The van der Waals surface area contributed by atoms with Crippen LogP contribution in [0.5, 0.6) is 11.5 Å². The molecule has 0 unspecified atom stereocenters. The molecular weight excluding hydrogens is 233 g/mol. The van der Waals surface area contributed by atoms with Crippen molar-refractivity contribution in [1.82, 2.24) is 0 Å². The van der Waals surface area contributed by atoms with E-state index < -0.39 is 5.82 Å². The van der Waals surface area contributed by atoms with Crippen LogP contribution in [-0.2, 0) is 6.61 Å². The molecule has 0 amide bonds. The van der Waals surface area contributed by atoms with Gasteiger partial charge >= 0.3 is 0 Å². The maximum atomic E-state index is 13.2. The molecule has 0 saturated carbocycles. The Bertz CT molecular complexity index is 605. The fraction of sp³-hybridized carbons (Fsp3) is 0.0714. The number of hydrogen-bond donors (Lipinski definition) is 1. The lowest BCUT2D eigenvalue weighted by molar-refractivity contribution is 0.280. The zero-order valence-electron chi connectivity index (χ0n) is 9.43. The molecular formula is C14H10FNO2. The number of halogens is 1. The van der Waals surface area contributed by atoms with E-state index >= 15 is 0 Å². The molecule has 0 bridgehead atoms. The van der Waals surface area contributed by atoms with E-state index in [1.807, 2.05) is 6.07 Å². The van der Waals surface area contributed by atoms with Crippen LogP contribution in [0.15, 0.2) is 42.5 Å². The summed E-state index contributed by atoms with van der Waals surface area (Å²) in [5, 5.41) is 17.9. The van der Waals surface area contributed by atoms with Gasteiger partial charge in [0.15, 0.2) is 0 Å². The Morgan fingerprint density at radius 3 is 2.72 bits per heavy atom. The van der Waals surface area contributed by atoms with Crippen LogP contribution in [0.4, 0.5) is 4.39 Å². The van der Waals surface area contributed by atoms with Crippen LogP contribution in [0.3, 0.4) is 0 Å². The molecule has 1 N–H and O–H groups in total. The van der Waals surface area contributed by atoms with Crippen molar-refractivity contribution in [3.05, 3.63) is 59.4 Å². The molecule has 0 radical (unpaired) electrons. The molecule has 2 aromatic rings. The van der Waals surface area contributed by atoms with E-state index in [-0.39, 0.29) is 12.4 Å². The van der Waals surface area contributed by atoms with Crippen LogP contribution in [-0.4, -0.2) is 5.11 Å². The molecule has 0 aliphatic heterocycles. The summed E-state index contributed by atoms with van der Waals surface area (Å²) in [7, 11) is 0. The molecule has 0 spiro atoms. The highest BCUT2D eigenvalue weighted by Gasteiger charge is 2.06. The molecule has 90 valence electrons. The van der Waals surface area contributed by atoms with E-state index in [9.17, 15) is 4.39 Å². The number of ether oxygens (including phenoxy) is 1. The van der Waals surface area contributed by atoms with E-state index in [1.54, 1.807) is 24.3 Å². The van der Waals surface area contributed by atoms with Crippen molar-refractivity contribution in [3.8, 4) is 17.6 Å². The number of nitriles is 1. The third-order valence-electron chi connectivity index (χ3n) is 2.35. The SMILES string of the molecule is N#Cc1ccccc1Oc1cc(F)cc(CO)c1. The first-order chi connectivity index (χ1) is 8.72. The fourth-order valence-corrected chi connectivity index (χ4v) is 1.55. The van der Waals surface area contributed by atoms with Gasteiger partial charge in [-0.15, -0.1) is 0 Å². The van der Waals surface area contributed by atoms with E-state index in [2.05, 4.69) is 0 Å². The van der Waals surface area contributed by atoms with Crippen molar-refractivity contribution in [2.45, 2.75) is 6.61 Å². The summed E-state index contributed by atoms with van der Waals surface area (Å²) in [6.45, 7) is -0.270. The Hall–Kier alpha value is -2.38. The minimum absolute atomic E-state index is 0.252. The molecule has 0 aromatic heterocycles. The van der Waals surface area contributed by atoms with E-state index in [4.69, 9.17) is 15.1 Å². The van der Waals surface area contributed by atoms with Crippen molar-refractivity contribution < 1.29 is 14.2 Å². The first kappa shape index (κ1) is 12.1. The summed E-state index contributed by atoms with van der Waals surface area (Å²) in [4.78, 5) is 0. The summed E-state index contributed by atoms with van der Waals surface area (Å²) >= 11 is 0. The molecule has 0 atom stereocenters. The Morgan fingerprint density at radius 2 is 2.00 bits per heavy atom. The van der Waals surface area contributed by atoms with Crippen LogP contribution in [0.1, 0.15) is 11.1 Å². The smallest absolute Gasteiger partial charge is 0.145 e. The lowest BCUT2D eigenvalue weighted by atomic mass is 10.2. The highest BCUT2D eigenvalue weighted by Crippen LogP contribution is 2.26. The minimum Gasteiger partial charge on any atom is -0.456 e. The first-order valence-corrected chi connectivity index (χ1v) is 5.30. The summed E-state index contributed by atoms with van der Waals surface area (Å²) in [5.41, 5.74) is 0.784. The highest BCUT2D eigenvalue weighted by molar-refractivity contribution is 5.45. The molecule has 2 rings (SSSR count). The average molecular weight is 243 g/mol. The van der Waals surface area contributed by atoms with Gasteiger partial charge in [-0.05, 0) is 29.8 Å². The maximum absolute atomic E-state index is 13.2. The number of para-hydroxylation sites is 1. The molecule has 4 heteroatoms. The standard InChI is InChI=1S/C14H10FNO2/c15-12-5-10(9-17)6-13(7-12)18-14-4-2-1-3-11(14)8-16/h1-7,17H,9H2. The molecule has 0 fully saturated rings. The Kier molecular flexibility index (Phi) is 3.56. The van der Waals surface area contributed by atoms with Crippen LogP contribution >= 0.6 is 0 Å². The molecule has 18 heavy (non-hydrogen) atoms. The second-order valence-electron chi connectivity index (χ2n) is 3.66. The Labute approximate surface area is 104 Å². The van der Waals surface area contributed by atoms with Gasteiger partial charge in [0.2, 0.25) is 0 Å². The van der Waals surface area contributed by atoms with Crippen molar-refractivity contribution in [2.24, 2.45) is 0 Å². The van der Waals surface area contributed by atoms with Crippen LogP contribution in [0.25, 0.3) is 0 Å². The molecule has 2 aromatic carbocycles. The minimum atomic E-state index is -0.494. The normalized spacial score (nSPS) is 9.83. The zero-order chi connectivity index (χ0) is 13.0. The number of nitrogens with zero attached hydrogens (tertiary/aromatic N) is 1. The maximum Gasteiger partial charge on any atom is 0.145 e. The summed E-state index contributed by atoms with van der Waals surface area (Å²) < 4.78 is 18.7. The lowest BCUT2D eigenvalue weighted by Gasteiger charge is -2.08. The number of hydrogen-bond acceptors (Lipinski definition) is 3. The number of aliphatic hydroxyl groups is 1. The van der Waals surface area contributed by atoms with E-state index in [0.29, 0.717) is 16.9 Å². The fourth-order valence-electron chi connectivity index (χ4n) is 1.55. The van der Waals surface area contributed by atoms with Crippen LogP contribution < -0.4 is 4.74 Å². The zero-order valence-corrected chi connectivity index (χ0v) is 9.43. The van der Waals surface area contributed by atoms with Gasteiger partial charge < -0.3 is 9.84 Å². The van der Waals surface area contributed by atoms with Gasteiger partial charge in [0.05, 0.1) is 12.2 Å². The number of benzene rings is 2. The molecule has 0 aliphatic rings. The van der Waals surface area contributed by atoms with Crippen LogP contribution in [0, 0.1) is 17.1 Å². The molecule has 0 saturated heterocycles. The van der Waals surface area contributed by atoms with Crippen LogP contribution in [0.2, 0.25) is 0 Å². The van der Waals surface area contributed by atoms with E-state index in [1.165, 1.54) is 18.2 Å². The summed E-state index contributed by atoms with van der Waals surface area (Å²) in [6, 6.07) is 12.6. The van der Waals surface area contributed by atoms with Crippen molar-refractivity contribution in [2.75, 3.05) is 0 Å². The van der Waals surface area contributed by atoms with Gasteiger partial charge in [0, 0.05) is 6.07 Å². The molecule has 0 heterocycles. The van der Waals surface area contributed by atoms with Crippen molar-refractivity contribution in [1.29, 1.82) is 5.26 Å². The predicted molar refractivity (Wildman–Crippen MR) is 63.6 cm³/mol. The van der Waals surface area contributed by atoms with Crippen molar-refractivity contribution >= 4 is 0 Å². The van der Waals surface area contributed by atoms with E-state index in [0.717, 1.165) is 0 Å². The summed E-state index contributed by atoms with van der Waals surface area (Å²) in [6.07, 6.45) is 0. The van der Waals surface area contributed by atoms with Gasteiger partial charge in [-0.25, -0.2) is 4.39 Å². The van der Waals surface area contributed by atoms with Gasteiger partial charge in [-0.2, -0.15) is 5.26 Å². The second-order valence-corrected chi connectivity index (χ2v) is 3.66. The third-order valence-corrected chi connectivity index (χ3v) is 2.35. The first-order valence-electron chi connectivity index (χ1n) is 5.30. The van der Waals surface area contributed by atoms with Gasteiger partial charge in [-0.3, -0.25) is 0 Å². The second kappa shape index (κ2) is 5.30. The quantitative estimate of drug-likeness (QED) is 0.901. The van der Waals surface area contributed by atoms with Gasteiger partial charge in [0.25, 0.3) is 0 Å². The Balaban J connectivity index is 2.34. The largest absolute Gasteiger partial charge is 0.456 e. The average Bonchev–Trinajstić information content (AvgIpc) is 2.38. The Morgan fingerprint density at radius 1 is 1.22 bits per heavy atom. The van der Waals surface area contributed by atoms with Crippen molar-refractivity contribution in [3.63, 3.8) is 0 Å². The van der Waals surface area contributed by atoms with Gasteiger partial charge in [-0.1, -0.05) is 12.1 Å². The molecule has 0 aliphatic carbocycles. The lowest BCUT2D eigenvalue weighted by Crippen LogP contribution is -1.91. The van der Waals surface area contributed by atoms with Gasteiger partial charge in [0.1, 0.15) is 23.4 Å². The highest BCUT2D eigenvalue weighted by atomic mass is 19.1. The number of aliphatic hydroxyl groups excluding tert-OH is 1. The monoisotopic (exact) mass is 243 g/mol. The number of rotatable bonds is 3.